The molecule has 5 heteroatoms. The monoisotopic (exact) mass is 354 g/mol. The molecule has 4 nitrogen and oxygen atoms in total. The number of para-hydroxylation sites is 1. The molecular weight excluding hydrogens is 332 g/mol. The van der Waals surface area contributed by atoms with E-state index in [0.29, 0.717) is 17.9 Å². The number of aromatic hydroxyl groups is 1. The predicted octanol–water partition coefficient (Wildman–Crippen LogP) is 4.35. The van der Waals surface area contributed by atoms with Gasteiger partial charge in [0, 0.05) is 22.7 Å². The highest BCUT2D eigenvalue weighted by molar-refractivity contribution is 7.09. The fraction of sp³-hybridized carbons (Fsp3) is 0.300. The Hall–Kier alpha value is -2.40. The van der Waals surface area contributed by atoms with Crippen molar-refractivity contribution >= 4 is 11.3 Å². The zero-order chi connectivity index (χ0) is 18.0. The summed E-state index contributed by atoms with van der Waals surface area (Å²) >= 11 is 1.68. The van der Waals surface area contributed by atoms with Crippen LogP contribution >= 0.6 is 11.3 Å². The summed E-state index contributed by atoms with van der Waals surface area (Å²) in [6.07, 6.45) is 0.764. The number of hydrogen-bond donors (Lipinski definition) is 1. The van der Waals surface area contributed by atoms with Crippen molar-refractivity contribution in [1.82, 2.24) is 9.55 Å². The quantitative estimate of drug-likeness (QED) is 0.741. The third-order valence-corrected chi connectivity index (χ3v) is 5.22. The average molecular weight is 354 g/mol. The zero-order valence-corrected chi connectivity index (χ0v) is 15.5. The van der Waals surface area contributed by atoms with E-state index in [4.69, 9.17) is 4.98 Å². The molecule has 0 saturated carbocycles. The number of phenolic OH excluding ortho intramolecular Hbond substituents is 1. The number of hydrogen-bond acceptors (Lipinski definition) is 4. The molecule has 0 saturated heterocycles. The van der Waals surface area contributed by atoms with E-state index in [2.05, 4.69) is 6.07 Å². The third-order valence-electron chi connectivity index (χ3n) is 4.28. The van der Waals surface area contributed by atoms with Gasteiger partial charge in [0.2, 0.25) is 0 Å². The first-order valence-electron chi connectivity index (χ1n) is 8.41. The van der Waals surface area contributed by atoms with Crippen molar-refractivity contribution in [1.29, 1.82) is 0 Å². The molecule has 25 heavy (non-hydrogen) atoms. The molecule has 1 aromatic carbocycles. The second kappa shape index (κ2) is 7.23. The average Bonchev–Trinajstić information content (AvgIpc) is 3.07. The van der Waals surface area contributed by atoms with Crippen LogP contribution in [-0.2, 0) is 13.0 Å². The molecule has 130 valence electrons. The van der Waals surface area contributed by atoms with E-state index >= 15 is 0 Å². The summed E-state index contributed by atoms with van der Waals surface area (Å²) in [7, 11) is 0. The van der Waals surface area contributed by atoms with Crippen LogP contribution < -0.4 is 5.56 Å². The zero-order valence-electron chi connectivity index (χ0n) is 14.7. The fourth-order valence-corrected chi connectivity index (χ4v) is 3.79. The normalized spacial score (nSPS) is 11.2. The minimum absolute atomic E-state index is 0.0164. The van der Waals surface area contributed by atoms with Gasteiger partial charge in [-0.25, -0.2) is 4.98 Å². The summed E-state index contributed by atoms with van der Waals surface area (Å²) in [4.78, 5) is 19.1. The number of rotatable bonds is 5. The second-order valence-corrected chi connectivity index (χ2v) is 7.42. The van der Waals surface area contributed by atoms with Gasteiger partial charge in [-0.1, -0.05) is 32.0 Å². The molecule has 0 spiro atoms. The SMILES string of the molecule is Cc1nc(-c2ccccc2O)n(CCc2cccs2)c(=O)c1C(C)C. The number of benzene rings is 1. The van der Waals surface area contributed by atoms with Crippen LogP contribution in [0.15, 0.2) is 46.6 Å². The van der Waals surface area contributed by atoms with Crippen LogP contribution in [0.5, 0.6) is 5.75 Å². The van der Waals surface area contributed by atoms with Crippen LogP contribution in [0.25, 0.3) is 11.4 Å². The molecule has 3 aromatic rings. The lowest BCUT2D eigenvalue weighted by Crippen LogP contribution is -2.29. The van der Waals surface area contributed by atoms with Crippen LogP contribution in [0, 0.1) is 6.92 Å². The van der Waals surface area contributed by atoms with Gasteiger partial charge in [-0.2, -0.15) is 0 Å². The van der Waals surface area contributed by atoms with E-state index in [9.17, 15) is 9.90 Å². The Kier molecular flexibility index (Phi) is 5.04. The lowest BCUT2D eigenvalue weighted by molar-refractivity contribution is 0.476. The molecule has 3 rings (SSSR count). The lowest BCUT2D eigenvalue weighted by atomic mass is 10.0. The van der Waals surface area contributed by atoms with Crippen molar-refractivity contribution in [3.05, 3.63) is 68.3 Å². The predicted molar refractivity (Wildman–Crippen MR) is 102 cm³/mol. The van der Waals surface area contributed by atoms with Gasteiger partial charge in [0.25, 0.3) is 5.56 Å². The first-order valence-corrected chi connectivity index (χ1v) is 9.29. The minimum Gasteiger partial charge on any atom is -0.507 e. The van der Waals surface area contributed by atoms with E-state index in [1.807, 2.05) is 38.3 Å². The highest BCUT2D eigenvalue weighted by Crippen LogP contribution is 2.28. The maximum Gasteiger partial charge on any atom is 0.257 e. The maximum atomic E-state index is 13.1. The molecule has 0 atom stereocenters. The summed E-state index contributed by atoms with van der Waals surface area (Å²) in [6.45, 7) is 6.42. The van der Waals surface area contributed by atoms with E-state index in [1.54, 1.807) is 34.1 Å². The van der Waals surface area contributed by atoms with E-state index in [1.165, 1.54) is 4.88 Å². The molecule has 0 aliphatic carbocycles. The third kappa shape index (κ3) is 3.51. The fourth-order valence-electron chi connectivity index (χ4n) is 3.09. The van der Waals surface area contributed by atoms with Gasteiger partial charge < -0.3 is 5.11 Å². The Balaban J connectivity index is 2.16. The van der Waals surface area contributed by atoms with Gasteiger partial charge in [-0.15, -0.1) is 11.3 Å². The van der Waals surface area contributed by atoms with Crippen molar-refractivity contribution in [3.63, 3.8) is 0 Å². The topological polar surface area (TPSA) is 55.1 Å². The van der Waals surface area contributed by atoms with Gasteiger partial charge >= 0.3 is 0 Å². The van der Waals surface area contributed by atoms with Gasteiger partial charge in [0.1, 0.15) is 11.6 Å². The van der Waals surface area contributed by atoms with Crippen molar-refractivity contribution in [2.24, 2.45) is 0 Å². The standard InChI is InChI=1S/C20H22N2O2S/c1-13(2)18-14(3)21-19(16-8-4-5-9-17(16)23)22(20(18)24)11-10-15-7-6-12-25-15/h4-9,12-13,23H,10-11H2,1-3H3. The van der Waals surface area contributed by atoms with E-state index < -0.39 is 0 Å². The minimum atomic E-state index is -0.0164. The van der Waals surface area contributed by atoms with Gasteiger partial charge in [-0.3, -0.25) is 9.36 Å². The van der Waals surface area contributed by atoms with Crippen molar-refractivity contribution in [2.75, 3.05) is 0 Å². The maximum absolute atomic E-state index is 13.1. The highest BCUT2D eigenvalue weighted by atomic mass is 32.1. The Morgan fingerprint density at radius 2 is 1.96 bits per heavy atom. The molecule has 0 radical (unpaired) electrons. The summed E-state index contributed by atoms with van der Waals surface area (Å²) in [5.41, 5.74) is 2.04. The second-order valence-electron chi connectivity index (χ2n) is 6.39. The number of aryl methyl sites for hydroxylation is 2. The van der Waals surface area contributed by atoms with Crippen molar-refractivity contribution < 1.29 is 5.11 Å². The molecule has 0 amide bonds. The van der Waals surface area contributed by atoms with Gasteiger partial charge in [0.05, 0.1) is 5.56 Å². The van der Waals surface area contributed by atoms with E-state index in [0.717, 1.165) is 17.7 Å². The highest BCUT2D eigenvalue weighted by Gasteiger charge is 2.19. The first-order chi connectivity index (χ1) is 12.0. The largest absolute Gasteiger partial charge is 0.507 e. The summed E-state index contributed by atoms with van der Waals surface area (Å²) < 4.78 is 1.71. The van der Waals surface area contributed by atoms with Crippen LogP contribution in [-0.4, -0.2) is 14.7 Å². The molecule has 0 aliphatic heterocycles. The molecule has 0 fully saturated rings. The molecule has 0 bridgehead atoms. The lowest BCUT2D eigenvalue weighted by Gasteiger charge is -2.18. The Bertz CT molecular complexity index is 927. The molecule has 2 heterocycles. The van der Waals surface area contributed by atoms with Crippen LogP contribution in [0.2, 0.25) is 0 Å². The van der Waals surface area contributed by atoms with Gasteiger partial charge in [0.15, 0.2) is 0 Å². The van der Waals surface area contributed by atoms with Crippen LogP contribution in [0.4, 0.5) is 0 Å². The Labute approximate surface area is 151 Å². The van der Waals surface area contributed by atoms with Crippen LogP contribution in [0.3, 0.4) is 0 Å². The molecule has 1 N–H and O–H groups in total. The Morgan fingerprint density at radius 1 is 1.20 bits per heavy atom. The Morgan fingerprint density at radius 3 is 2.60 bits per heavy atom. The van der Waals surface area contributed by atoms with Crippen molar-refractivity contribution in [3.8, 4) is 17.1 Å². The molecular formula is C20H22N2O2S. The number of thiophene rings is 1. The summed E-state index contributed by atoms with van der Waals surface area (Å²) in [6, 6.07) is 11.1. The molecule has 0 unspecified atom stereocenters. The molecule has 0 aliphatic rings. The molecule has 2 aromatic heterocycles. The number of aromatic nitrogens is 2. The van der Waals surface area contributed by atoms with Crippen LogP contribution in [0.1, 0.15) is 35.9 Å². The van der Waals surface area contributed by atoms with Crippen molar-refractivity contribution in [2.45, 2.75) is 39.7 Å². The first kappa shape index (κ1) is 17.4. The van der Waals surface area contributed by atoms with Gasteiger partial charge in [-0.05, 0) is 42.8 Å². The summed E-state index contributed by atoms with van der Waals surface area (Å²) in [5, 5.41) is 12.3. The smallest absolute Gasteiger partial charge is 0.257 e. The van der Waals surface area contributed by atoms with E-state index in [-0.39, 0.29) is 17.2 Å². The number of phenols is 1. The summed E-state index contributed by atoms with van der Waals surface area (Å²) in [5.74, 6) is 0.768. The number of nitrogens with zero attached hydrogens (tertiary/aromatic N) is 2.